The smallest absolute Gasteiger partial charge is 0.108 e. The molecule has 1 N–H and O–H groups in total. The van der Waals surface area contributed by atoms with E-state index >= 15 is 0 Å². The van der Waals surface area contributed by atoms with E-state index < -0.39 is 6.10 Å². The number of aliphatic hydroxyl groups is 1. The van der Waals surface area contributed by atoms with E-state index in [-0.39, 0.29) is 12.7 Å². The van der Waals surface area contributed by atoms with Crippen molar-refractivity contribution in [2.24, 2.45) is 0 Å². The third-order valence-electron chi connectivity index (χ3n) is 3.56. The maximum atomic E-state index is 10.2. The van der Waals surface area contributed by atoms with Crippen LogP contribution in [0.25, 0.3) is 0 Å². The molecular formula is C17H23ClN2O2. The molecule has 2 atom stereocenters. The monoisotopic (exact) mass is 322 g/mol. The van der Waals surface area contributed by atoms with Crippen molar-refractivity contribution in [3.05, 3.63) is 53.1 Å². The number of aromatic nitrogens is 2. The average molecular weight is 323 g/mol. The molecule has 120 valence electrons. The lowest BCUT2D eigenvalue weighted by atomic mass is 10.1. The first-order valence-electron chi connectivity index (χ1n) is 7.65. The summed E-state index contributed by atoms with van der Waals surface area (Å²) < 4.78 is 7.74. The molecule has 4 nitrogen and oxygen atoms in total. The van der Waals surface area contributed by atoms with Crippen LogP contribution in [0.2, 0.25) is 5.02 Å². The number of ether oxygens (including phenoxy) is 1. The van der Waals surface area contributed by atoms with Crippen molar-refractivity contribution >= 4 is 11.6 Å². The van der Waals surface area contributed by atoms with E-state index in [9.17, 15) is 5.11 Å². The highest BCUT2D eigenvalue weighted by Crippen LogP contribution is 2.19. The van der Waals surface area contributed by atoms with Crippen molar-refractivity contribution in [3.63, 3.8) is 0 Å². The summed E-state index contributed by atoms with van der Waals surface area (Å²) >= 11 is 5.87. The molecule has 0 bridgehead atoms. The van der Waals surface area contributed by atoms with Crippen LogP contribution in [0.5, 0.6) is 0 Å². The van der Waals surface area contributed by atoms with Gasteiger partial charge in [-0.3, -0.25) is 0 Å². The Hall–Kier alpha value is -1.36. The normalized spacial score (nSPS) is 14.0. The number of benzene rings is 1. The summed E-state index contributed by atoms with van der Waals surface area (Å²) in [4.78, 5) is 4.31. The third-order valence-corrected chi connectivity index (χ3v) is 3.81. The number of nitrogens with zero attached hydrogens (tertiary/aromatic N) is 2. The topological polar surface area (TPSA) is 47.3 Å². The molecule has 1 aromatic heterocycles. The quantitative estimate of drug-likeness (QED) is 0.807. The Labute approximate surface area is 136 Å². The minimum Gasteiger partial charge on any atom is -0.389 e. The van der Waals surface area contributed by atoms with E-state index in [0.717, 1.165) is 24.2 Å². The molecule has 2 aromatic rings. The second-order valence-electron chi connectivity index (χ2n) is 5.43. The molecule has 0 aliphatic rings. The van der Waals surface area contributed by atoms with Gasteiger partial charge in [0.15, 0.2) is 0 Å². The molecule has 0 fully saturated rings. The molecule has 1 heterocycles. The summed E-state index contributed by atoms with van der Waals surface area (Å²) in [6, 6.07) is 7.56. The highest BCUT2D eigenvalue weighted by molar-refractivity contribution is 6.30. The van der Waals surface area contributed by atoms with Gasteiger partial charge in [-0.2, -0.15) is 0 Å². The fourth-order valence-corrected chi connectivity index (χ4v) is 2.45. The summed E-state index contributed by atoms with van der Waals surface area (Å²) in [5.41, 5.74) is 1.05. The maximum absolute atomic E-state index is 10.2. The summed E-state index contributed by atoms with van der Waals surface area (Å²) in [6.07, 6.45) is 4.99. The van der Waals surface area contributed by atoms with E-state index in [1.807, 2.05) is 42.0 Å². The van der Waals surface area contributed by atoms with Crippen LogP contribution in [0.4, 0.5) is 0 Å². The number of aryl methyl sites for hydroxylation is 1. The van der Waals surface area contributed by atoms with Crippen molar-refractivity contribution < 1.29 is 9.84 Å². The van der Waals surface area contributed by atoms with Gasteiger partial charge in [-0.05, 0) is 31.0 Å². The van der Waals surface area contributed by atoms with E-state index in [4.69, 9.17) is 16.3 Å². The lowest BCUT2D eigenvalue weighted by Crippen LogP contribution is -2.23. The molecule has 0 aliphatic heterocycles. The molecule has 0 saturated carbocycles. The molecule has 0 amide bonds. The Kier molecular flexibility index (Phi) is 6.43. The molecular weight excluding hydrogens is 300 g/mol. The van der Waals surface area contributed by atoms with Crippen LogP contribution in [0.1, 0.15) is 37.8 Å². The third kappa shape index (κ3) is 4.83. The largest absolute Gasteiger partial charge is 0.389 e. The van der Waals surface area contributed by atoms with Crippen molar-refractivity contribution in [2.75, 3.05) is 6.61 Å². The molecule has 2 unspecified atom stereocenters. The summed E-state index contributed by atoms with van der Waals surface area (Å²) in [5, 5.41) is 10.9. The molecule has 0 radical (unpaired) electrons. The minimum atomic E-state index is -0.556. The van der Waals surface area contributed by atoms with Crippen LogP contribution in [0.15, 0.2) is 36.7 Å². The van der Waals surface area contributed by atoms with Gasteiger partial charge in [-0.15, -0.1) is 0 Å². The van der Waals surface area contributed by atoms with Crippen molar-refractivity contribution in [1.29, 1.82) is 0 Å². The van der Waals surface area contributed by atoms with Crippen LogP contribution in [-0.4, -0.2) is 27.4 Å². The standard InChI is InChI=1S/C17H23ClN2O2/c1-3-4-17-19-9-10-20(17)11-16(21)12-22-13(2)14-5-7-15(18)8-6-14/h5-10,13,16,21H,3-4,11-12H2,1-2H3. The lowest BCUT2D eigenvalue weighted by Gasteiger charge is -2.18. The minimum absolute atomic E-state index is 0.0789. The van der Waals surface area contributed by atoms with Crippen LogP contribution >= 0.6 is 11.6 Å². The highest BCUT2D eigenvalue weighted by Gasteiger charge is 2.12. The second-order valence-corrected chi connectivity index (χ2v) is 5.86. The Morgan fingerprint density at radius 2 is 2.05 bits per heavy atom. The predicted molar refractivity (Wildman–Crippen MR) is 88.0 cm³/mol. The van der Waals surface area contributed by atoms with Crippen molar-refractivity contribution in [1.82, 2.24) is 9.55 Å². The molecule has 5 heteroatoms. The maximum Gasteiger partial charge on any atom is 0.108 e. The lowest BCUT2D eigenvalue weighted by molar-refractivity contribution is -0.00898. The number of imidazole rings is 1. The molecule has 2 rings (SSSR count). The fourth-order valence-electron chi connectivity index (χ4n) is 2.32. The van der Waals surface area contributed by atoms with Crippen molar-refractivity contribution in [2.45, 2.75) is 45.4 Å². The number of rotatable bonds is 8. The second kappa shape index (κ2) is 8.32. The number of hydrogen-bond donors (Lipinski definition) is 1. The Morgan fingerprint density at radius 3 is 2.73 bits per heavy atom. The van der Waals surface area contributed by atoms with E-state index in [0.29, 0.717) is 11.6 Å². The number of halogens is 1. The first kappa shape index (κ1) is 17.0. The molecule has 0 aliphatic carbocycles. The zero-order valence-corrected chi connectivity index (χ0v) is 13.8. The van der Waals surface area contributed by atoms with Gasteiger partial charge in [0.1, 0.15) is 5.82 Å². The summed E-state index contributed by atoms with van der Waals surface area (Å²) in [5.74, 6) is 1.01. The number of hydrogen-bond acceptors (Lipinski definition) is 3. The van der Waals surface area contributed by atoms with E-state index in [1.54, 1.807) is 6.20 Å². The van der Waals surface area contributed by atoms with Crippen LogP contribution in [0.3, 0.4) is 0 Å². The molecule has 1 aromatic carbocycles. The number of aliphatic hydroxyl groups excluding tert-OH is 1. The summed E-state index contributed by atoms with van der Waals surface area (Å²) in [7, 11) is 0. The van der Waals surface area contributed by atoms with E-state index in [1.165, 1.54) is 0 Å². The summed E-state index contributed by atoms with van der Waals surface area (Å²) in [6.45, 7) is 4.87. The van der Waals surface area contributed by atoms with Gasteiger partial charge < -0.3 is 14.4 Å². The Balaban J connectivity index is 1.83. The zero-order valence-electron chi connectivity index (χ0n) is 13.1. The predicted octanol–water partition coefficient (Wildman–Crippen LogP) is 3.63. The Bertz CT molecular complexity index is 568. The SMILES string of the molecule is CCCc1nccn1CC(O)COC(C)c1ccc(Cl)cc1. The molecule has 22 heavy (non-hydrogen) atoms. The van der Waals surface area contributed by atoms with Crippen LogP contribution in [0, 0.1) is 0 Å². The zero-order chi connectivity index (χ0) is 15.9. The van der Waals surface area contributed by atoms with Gasteiger partial charge >= 0.3 is 0 Å². The van der Waals surface area contributed by atoms with E-state index in [2.05, 4.69) is 11.9 Å². The van der Waals surface area contributed by atoms with Gasteiger partial charge in [0.05, 0.1) is 25.4 Å². The molecule has 0 saturated heterocycles. The average Bonchev–Trinajstić information content (AvgIpc) is 2.93. The highest BCUT2D eigenvalue weighted by atomic mass is 35.5. The van der Waals surface area contributed by atoms with Gasteiger partial charge in [0, 0.05) is 23.8 Å². The Morgan fingerprint density at radius 1 is 1.32 bits per heavy atom. The molecule has 0 spiro atoms. The van der Waals surface area contributed by atoms with Crippen LogP contribution < -0.4 is 0 Å². The van der Waals surface area contributed by atoms with Gasteiger partial charge in [0.2, 0.25) is 0 Å². The fraction of sp³-hybridized carbons (Fsp3) is 0.471. The first-order valence-corrected chi connectivity index (χ1v) is 8.03. The van der Waals surface area contributed by atoms with Crippen LogP contribution in [-0.2, 0) is 17.7 Å². The van der Waals surface area contributed by atoms with Crippen molar-refractivity contribution in [3.8, 4) is 0 Å². The van der Waals surface area contributed by atoms with Gasteiger partial charge in [-0.1, -0.05) is 30.7 Å². The van der Waals surface area contributed by atoms with Gasteiger partial charge in [-0.25, -0.2) is 4.98 Å². The van der Waals surface area contributed by atoms with Gasteiger partial charge in [0.25, 0.3) is 0 Å². The first-order chi connectivity index (χ1) is 10.6.